The lowest BCUT2D eigenvalue weighted by molar-refractivity contribution is -0.129. The van der Waals surface area contributed by atoms with Gasteiger partial charge < -0.3 is 15.5 Å². The number of para-hydroxylation sites is 1. The van der Waals surface area contributed by atoms with Crippen molar-refractivity contribution in [1.82, 2.24) is 25.2 Å². The van der Waals surface area contributed by atoms with Crippen LogP contribution < -0.4 is 10.6 Å². The Balaban J connectivity index is 0.00000336. The highest BCUT2D eigenvalue weighted by Gasteiger charge is 2.19. The molecule has 2 aromatic heterocycles. The van der Waals surface area contributed by atoms with Gasteiger partial charge in [0, 0.05) is 62.7 Å². The highest BCUT2D eigenvalue weighted by Crippen LogP contribution is 2.28. The fourth-order valence-electron chi connectivity index (χ4n) is 4.89. The van der Waals surface area contributed by atoms with Gasteiger partial charge in [0.2, 0.25) is 5.91 Å². The second kappa shape index (κ2) is 11.6. The Kier molecular flexibility index (Phi) is 8.26. The van der Waals surface area contributed by atoms with Gasteiger partial charge in [0.1, 0.15) is 12.1 Å². The molecule has 0 spiro atoms. The summed E-state index contributed by atoms with van der Waals surface area (Å²) in [4.78, 5) is 39.4. The summed E-state index contributed by atoms with van der Waals surface area (Å²) in [7, 11) is 1.63. The lowest BCUT2D eigenvalue weighted by atomic mass is 9.95. The average molecular weight is 529 g/mol. The number of carbonyl (C=O) groups excluding carboxylic acids is 2. The van der Waals surface area contributed by atoms with Crippen molar-refractivity contribution >= 4 is 42.0 Å². The van der Waals surface area contributed by atoms with Gasteiger partial charge >= 0.3 is 0 Å². The zero-order valence-electron chi connectivity index (χ0n) is 21.8. The molecule has 4 aromatic rings. The first kappa shape index (κ1) is 27.1. The van der Waals surface area contributed by atoms with Crippen molar-refractivity contribution in [2.24, 2.45) is 0 Å². The summed E-state index contributed by atoms with van der Waals surface area (Å²) in [5, 5.41) is 6.99. The summed E-state index contributed by atoms with van der Waals surface area (Å²) < 4.78 is 0. The second-order valence-electron chi connectivity index (χ2n) is 9.43. The van der Waals surface area contributed by atoms with Gasteiger partial charge in [0.05, 0.1) is 16.8 Å². The molecule has 2 aromatic carbocycles. The summed E-state index contributed by atoms with van der Waals surface area (Å²) in [6, 6.07) is 16.0. The standard InChI is InChI=1S/C29H30N6O2.H2S/c1-18(23-5-4-6-24-25(29(37)30-3)9-11-31-28(23)24)15-32-27-14-26(33-17-34-27)21-7-8-22-16-35(19(2)36)12-10-20(22)13-21;/h4-9,11,13-14,17-18H,10,12,15-16H2,1-3H3,(H,30,37)(H,32,33,34);1H2/t18-;/m1./s1. The van der Waals surface area contributed by atoms with Gasteiger partial charge in [-0.2, -0.15) is 13.5 Å². The van der Waals surface area contributed by atoms with Crippen LogP contribution in [0.15, 0.2) is 61.1 Å². The largest absolute Gasteiger partial charge is 0.369 e. The van der Waals surface area contributed by atoms with Crippen LogP contribution in [0.25, 0.3) is 22.2 Å². The van der Waals surface area contributed by atoms with E-state index in [2.05, 4.69) is 56.8 Å². The maximum Gasteiger partial charge on any atom is 0.251 e. The summed E-state index contributed by atoms with van der Waals surface area (Å²) in [5.74, 6) is 0.864. The molecule has 1 aliphatic heterocycles. The molecule has 0 fully saturated rings. The van der Waals surface area contributed by atoms with Crippen LogP contribution in [-0.4, -0.2) is 51.8 Å². The number of benzene rings is 2. The van der Waals surface area contributed by atoms with Gasteiger partial charge in [0.15, 0.2) is 0 Å². The lowest BCUT2D eigenvalue weighted by Gasteiger charge is -2.28. The van der Waals surface area contributed by atoms with Crippen molar-refractivity contribution in [2.75, 3.05) is 25.5 Å². The minimum absolute atomic E-state index is 0. The first-order chi connectivity index (χ1) is 17.9. The molecule has 1 atom stereocenters. The summed E-state index contributed by atoms with van der Waals surface area (Å²) in [6.07, 6.45) is 4.11. The molecule has 38 heavy (non-hydrogen) atoms. The predicted molar refractivity (Wildman–Crippen MR) is 155 cm³/mol. The van der Waals surface area contributed by atoms with E-state index in [4.69, 9.17) is 0 Å². The third-order valence-corrected chi connectivity index (χ3v) is 7.02. The zero-order chi connectivity index (χ0) is 25.9. The molecule has 8 nitrogen and oxygen atoms in total. The van der Waals surface area contributed by atoms with Crippen molar-refractivity contribution in [3.63, 3.8) is 0 Å². The Morgan fingerprint density at radius 2 is 1.89 bits per heavy atom. The van der Waals surface area contributed by atoms with Gasteiger partial charge in [-0.1, -0.05) is 37.3 Å². The van der Waals surface area contributed by atoms with E-state index in [-0.39, 0.29) is 31.2 Å². The highest BCUT2D eigenvalue weighted by atomic mass is 32.1. The minimum Gasteiger partial charge on any atom is -0.369 e. The molecule has 3 heterocycles. The number of amides is 2. The van der Waals surface area contributed by atoms with Crippen molar-refractivity contribution in [3.8, 4) is 11.3 Å². The topological polar surface area (TPSA) is 100 Å². The molecule has 0 saturated carbocycles. The van der Waals surface area contributed by atoms with E-state index in [1.807, 2.05) is 23.1 Å². The first-order valence-corrected chi connectivity index (χ1v) is 12.5. The van der Waals surface area contributed by atoms with Gasteiger partial charge in [0.25, 0.3) is 5.91 Å². The van der Waals surface area contributed by atoms with Crippen molar-refractivity contribution in [3.05, 3.63) is 83.3 Å². The number of fused-ring (bicyclic) bond motifs is 2. The van der Waals surface area contributed by atoms with Gasteiger partial charge in [-0.15, -0.1) is 0 Å². The molecule has 0 aliphatic carbocycles. The number of nitrogens with one attached hydrogen (secondary N) is 2. The summed E-state index contributed by atoms with van der Waals surface area (Å²) in [5.41, 5.74) is 6.86. The highest BCUT2D eigenvalue weighted by molar-refractivity contribution is 7.59. The van der Waals surface area contributed by atoms with Crippen molar-refractivity contribution < 1.29 is 9.59 Å². The molecule has 2 N–H and O–H groups in total. The number of carbonyl (C=O) groups is 2. The molecular weight excluding hydrogens is 496 g/mol. The normalized spacial score (nSPS) is 13.3. The number of hydrogen-bond donors (Lipinski definition) is 2. The Labute approximate surface area is 229 Å². The molecular formula is C29H32N6O2S. The third-order valence-electron chi connectivity index (χ3n) is 7.02. The Morgan fingerprint density at radius 3 is 2.68 bits per heavy atom. The number of rotatable bonds is 6. The summed E-state index contributed by atoms with van der Waals surface area (Å²) >= 11 is 0. The van der Waals surface area contributed by atoms with Crippen LogP contribution in [0.2, 0.25) is 0 Å². The quantitative estimate of drug-likeness (QED) is 0.387. The van der Waals surface area contributed by atoms with E-state index in [9.17, 15) is 9.59 Å². The summed E-state index contributed by atoms with van der Waals surface area (Å²) in [6.45, 7) is 5.80. The molecule has 2 amide bonds. The molecule has 0 unspecified atom stereocenters. The Bertz CT molecular complexity index is 1490. The van der Waals surface area contributed by atoms with E-state index in [0.29, 0.717) is 18.7 Å². The van der Waals surface area contributed by atoms with Crippen molar-refractivity contribution in [2.45, 2.75) is 32.7 Å². The lowest BCUT2D eigenvalue weighted by Crippen LogP contribution is -2.34. The number of pyridine rings is 1. The van der Waals surface area contributed by atoms with E-state index in [0.717, 1.165) is 46.5 Å². The molecule has 196 valence electrons. The molecule has 5 rings (SSSR count). The van der Waals surface area contributed by atoms with Crippen molar-refractivity contribution in [1.29, 1.82) is 0 Å². The molecule has 0 bridgehead atoms. The molecule has 0 radical (unpaired) electrons. The third kappa shape index (κ3) is 5.47. The van der Waals surface area contributed by atoms with E-state index in [1.54, 1.807) is 32.6 Å². The molecule has 1 aliphatic rings. The number of nitrogens with zero attached hydrogens (tertiary/aromatic N) is 4. The number of aromatic nitrogens is 3. The van der Waals surface area contributed by atoms with Crippen LogP contribution in [0.4, 0.5) is 5.82 Å². The second-order valence-corrected chi connectivity index (χ2v) is 9.43. The fourth-order valence-corrected chi connectivity index (χ4v) is 4.89. The van der Waals surface area contributed by atoms with E-state index >= 15 is 0 Å². The smallest absolute Gasteiger partial charge is 0.251 e. The van der Waals surface area contributed by atoms with Crippen LogP contribution in [0, 0.1) is 0 Å². The number of hydrogen-bond acceptors (Lipinski definition) is 6. The van der Waals surface area contributed by atoms with Gasteiger partial charge in [-0.3, -0.25) is 14.6 Å². The van der Waals surface area contributed by atoms with E-state index in [1.165, 1.54) is 11.1 Å². The van der Waals surface area contributed by atoms with Crippen LogP contribution in [-0.2, 0) is 17.8 Å². The molecule has 9 heteroatoms. The predicted octanol–water partition coefficient (Wildman–Crippen LogP) is 4.28. The Morgan fingerprint density at radius 1 is 1.05 bits per heavy atom. The Hall–Kier alpha value is -3.98. The van der Waals surface area contributed by atoms with Crippen LogP contribution in [0.1, 0.15) is 46.8 Å². The maximum atomic E-state index is 12.3. The average Bonchev–Trinajstić information content (AvgIpc) is 2.94. The SMILES string of the molecule is CNC(=O)c1ccnc2c([C@H](C)CNc3cc(-c4ccc5c(c4)CCN(C(C)=O)C5)ncn3)cccc12.S. The molecule has 0 saturated heterocycles. The van der Waals surface area contributed by atoms with Crippen LogP contribution in [0.5, 0.6) is 0 Å². The van der Waals surface area contributed by atoms with Crippen LogP contribution in [0.3, 0.4) is 0 Å². The van der Waals surface area contributed by atoms with Crippen LogP contribution >= 0.6 is 13.5 Å². The maximum absolute atomic E-state index is 12.3. The zero-order valence-corrected chi connectivity index (χ0v) is 22.8. The minimum atomic E-state index is -0.123. The van der Waals surface area contributed by atoms with Gasteiger partial charge in [-0.05, 0) is 35.2 Å². The fraction of sp³-hybridized carbons (Fsp3) is 0.276. The monoisotopic (exact) mass is 528 g/mol. The van der Waals surface area contributed by atoms with Gasteiger partial charge in [-0.25, -0.2) is 9.97 Å². The number of anilines is 1. The first-order valence-electron chi connectivity index (χ1n) is 12.5. The van der Waals surface area contributed by atoms with E-state index < -0.39 is 0 Å².